The molecule has 112 valence electrons. The molecule has 0 aliphatic rings. The third kappa shape index (κ3) is 3.28. The summed E-state index contributed by atoms with van der Waals surface area (Å²) in [4.78, 5) is 4.45. The molecule has 2 heterocycles. The van der Waals surface area contributed by atoms with Crippen LogP contribution in [0, 0.1) is 12.7 Å². The van der Waals surface area contributed by atoms with E-state index in [4.69, 9.17) is 0 Å². The predicted molar refractivity (Wildman–Crippen MR) is 86.3 cm³/mol. The number of aromatic nitrogens is 3. The Labute approximate surface area is 132 Å². The van der Waals surface area contributed by atoms with Gasteiger partial charge in [0.05, 0.1) is 22.4 Å². The zero-order valence-corrected chi connectivity index (χ0v) is 13.1. The van der Waals surface area contributed by atoms with Crippen LogP contribution in [0.5, 0.6) is 0 Å². The second-order valence-corrected chi connectivity index (χ2v) is 6.03. The Morgan fingerprint density at radius 1 is 1.09 bits per heavy atom. The van der Waals surface area contributed by atoms with Gasteiger partial charge in [0.25, 0.3) is 0 Å². The van der Waals surface area contributed by atoms with Gasteiger partial charge in [0.1, 0.15) is 11.6 Å². The number of rotatable bonds is 4. The van der Waals surface area contributed by atoms with Gasteiger partial charge in [-0.1, -0.05) is 0 Å². The predicted octanol–water partition coefficient (Wildman–Crippen LogP) is 4.22. The molecule has 1 atom stereocenters. The van der Waals surface area contributed by atoms with Crippen LogP contribution in [0.4, 0.5) is 10.2 Å². The Bertz CT molecular complexity index is 753. The number of aryl methyl sites for hydroxylation is 1. The van der Waals surface area contributed by atoms with Gasteiger partial charge in [-0.15, -0.1) is 21.5 Å². The highest BCUT2D eigenvalue weighted by molar-refractivity contribution is 7.09. The second-order valence-electron chi connectivity index (χ2n) is 4.97. The van der Waals surface area contributed by atoms with E-state index in [9.17, 15) is 4.39 Å². The SMILES string of the molecule is Cc1nc(C(C)Nc2ccc(-c3ccc(F)cc3)nn2)cs1. The van der Waals surface area contributed by atoms with Crippen molar-refractivity contribution in [3.63, 3.8) is 0 Å². The molecule has 0 radical (unpaired) electrons. The van der Waals surface area contributed by atoms with Crippen LogP contribution < -0.4 is 5.32 Å². The molecule has 0 aliphatic carbocycles. The summed E-state index contributed by atoms with van der Waals surface area (Å²) in [6, 6.07) is 9.99. The molecule has 0 aliphatic heterocycles. The van der Waals surface area contributed by atoms with Crippen molar-refractivity contribution in [1.82, 2.24) is 15.2 Å². The molecule has 1 aromatic carbocycles. The summed E-state index contributed by atoms with van der Waals surface area (Å²) in [6.45, 7) is 4.02. The van der Waals surface area contributed by atoms with Gasteiger partial charge in [-0.3, -0.25) is 0 Å². The Hall–Kier alpha value is -2.34. The molecule has 1 unspecified atom stereocenters. The van der Waals surface area contributed by atoms with Gasteiger partial charge in [-0.25, -0.2) is 9.37 Å². The fourth-order valence-electron chi connectivity index (χ4n) is 2.06. The summed E-state index contributed by atoms with van der Waals surface area (Å²) >= 11 is 1.63. The van der Waals surface area contributed by atoms with Gasteiger partial charge < -0.3 is 5.32 Å². The Morgan fingerprint density at radius 3 is 2.45 bits per heavy atom. The van der Waals surface area contributed by atoms with Crippen LogP contribution in [0.3, 0.4) is 0 Å². The average molecular weight is 314 g/mol. The molecule has 0 saturated carbocycles. The van der Waals surface area contributed by atoms with Crippen molar-refractivity contribution >= 4 is 17.2 Å². The van der Waals surface area contributed by atoms with E-state index in [1.54, 1.807) is 23.5 Å². The van der Waals surface area contributed by atoms with E-state index in [0.29, 0.717) is 11.5 Å². The molecule has 0 spiro atoms. The number of halogens is 1. The Morgan fingerprint density at radius 2 is 1.86 bits per heavy atom. The molecular weight excluding hydrogens is 299 g/mol. The molecule has 0 saturated heterocycles. The molecule has 3 aromatic rings. The number of nitrogens with zero attached hydrogens (tertiary/aromatic N) is 3. The summed E-state index contributed by atoms with van der Waals surface area (Å²) in [6.07, 6.45) is 0. The van der Waals surface area contributed by atoms with Crippen molar-refractivity contribution in [3.05, 3.63) is 58.3 Å². The highest BCUT2D eigenvalue weighted by Crippen LogP contribution is 2.21. The van der Waals surface area contributed by atoms with E-state index in [1.165, 1.54) is 12.1 Å². The molecule has 0 fully saturated rings. The fraction of sp³-hybridized carbons (Fsp3) is 0.188. The van der Waals surface area contributed by atoms with Gasteiger partial charge in [0.2, 0.25) is 0 Å². The maximum atomic E-state index is 12.9. The summed E-state index contributed by atoms with van der Waals surface area (Å²) < 4.78 is 12.9. The van der Waals surface area contributed by atoms with Gasteiger partial charge >= 0.3 is 0 Å². The van der Waals surface area contributed by atoms with Crippen molar-refractivity contribution in [1.29, 1.82) is 0 Å². The van der Waals surface area contributed by atoms with Crippen LogP contribution in [0.15, 0.2) is 41.8 Å². The number of thiazole rings is 1. The summed E-state index contributed by atoms with van der Waals surface area (Å²) in [7, 11) is 0. The Balaban J connectivity index is 1.72. The lowest BCUT2D eigenvalue weighted by Gasteiger charge is -2.11. The number of hydrogen-bond donors (Lipinski definition) is 1. The molecular formula is C16H15FN4S. The number of nitrogens with one attached hydrogen (secondary N) is 1. The number of benzene rings is 1. The minimum Gasteiger partial charge on any atom is -0.360 e. The minimum absolute atomic E-state index is 0.0657. The lowest BCUT2D eigenvalue weighted by Crippen LogP contribution is -2.09. The molecule has 2 aromatic heterocycles. The van der Waals surface area contributed by atoms with E-state index >= 15 is 0 Å². The third-order valence-electron chi connectivity index (χ3n) is 3.25. The van der Waals surface area contributed by atoms with Gasteiger partial charge in [-0.2, -0.15) is 0 Å². The van der Waals surface area contributed by atoms with Crippen LogP contribution >= 0.6 is 11.3 Å². The second kappa shape index (κ2) is 6.19. The van der Waals surface area contributed by atoms with Crippen molar-refractivity contribution in [2.75, 3.05) is 5.32 Å². The summed E-state index contributed by atoms with van der Waals surface area (Å²) in [5.41, 5.74) is 2.54. The van der Waals surface area contributed by atoms with E-state index in [-0.39, 0.29) is 11.9 Å². The third-order valence-corrected chi connectivity index (χ3v) is 4.04. The molecule has 22 heavy (non-hydrogen) atoms. The van der Waals surface area contributed by atoms with Crippen LogP contribution in [0.25, 0.3) is 11.3 Å². The van der Waals surface area contributed by atoms with Gasteiger partial charge in [0, 0.05) is 10.9 Å². The largest absolute Gasteiger partial charge is 0.360 e. The van der Waals surface area contributed by atoms with Crippen LogP contribution in [0.2, 0.25) is 0 Å². The molecule has 0 bridgehead atoms. The highest BCUT2D eigenvalue weighted by atomic mass is 32.1. The highest BCUT2D eigenvalue weighted by Gasteiger charge is 2.10. The normalized spacial score (nSPS) is 12.1. The van der Waals surface area contributed by atoms with Crippen molar-refractivity contribution < 1.29 is 4.39 Å². The summed E-state index contributed by atoms with van der Waals surface area (Å²) in [5.74, 6) is 0.423. The molecule has 3 rings (SSSR count). The van der Waals surface area contributed by atoms with Crippen molar-refractivity contribution in [3.8, 4) is 11.3 Å². The van der Waals surface area contributed by atoms with Gasteiger partial charge in [-0.05, 0) is 50.2 Å². The first-order valence-corrected chi connectivity index (χ1v) is 7.78. The van der Waals surface area contributed by atoms with Crippen LogP contribution in [-0.2, 0) is 0 Å². The molecule has 1 N–H and O–H groups in total. The van der Waals surface area contributed by atoms with Gasteiger partial charge in [0.15, 0.2) is 0 Å². The van der Waals surface area contributed by atoms with E-state index in [0.717, 1.165) is 16.3 Å². The molecule has 0 amide bonds. The monoisotopic (exact) mass is 314 g/mol. The lowest BCUT2D eigenvalue weighted by molar-refractivity contribution is 0.628. The molecule has 4 nitrogen and oxygen atoms in total. The smallest absolute Gasteiger partial charge is 0.149 e. The number of anilines is 1. The van der Waals surface area contributed by atoms with Crippen molar-refractivity contribution in [2.45, 2.75) is 19.9 Å². The first-order valence-electron chi connectivity index (χ1n) is 6.90. The zero-order chi connectivity index (χ0) is 15.5. The van der Waals surface area contributed by atoms with E-state index < -0.39 is 0 Å². The molecule has 6 heteroatoms. The summed E-state index contributed by atoms with van der Waals surface area (Å²) in [5, 5.41) is 14.7. The first kappa shape index (κ1) is 14.6. The Kier molecular flexibility index (Phi) is 4.11. The van der Waals surface area contributed by atoms with E-state index in [2.05, 4.69) is 20.5 Å². The lowest BCUT2D eigenvalue weighted by atomic mass is 10.1. The first-order chi connectivity index (χ1) is 10.6. The van der Waals surface area contributed by atoms with E-state index in [1.807, 2.05) is 31.4 Å². The maximum Gasteiger partial charge on any atom is 0.149 e. The fourth-order valence-corrected chi connectivity index (χ4v) is 2.76. The minimum atomic E-state index is -0.262. The quantitative estimate of drug-likeness (QED) is 0.783. The van der Waals surface area contributed by atoms with Crippen LogP contribution in [0.1, 0.15) is 23.7 Å². The zero-order valence-electron chi connectivity index (χ0n) is 12.2. The number of hydrogen-bond acceptors (Lipinski definition) is 5. The maximum absolute atomic E-state index is 12.9. The topological polar surface area (TPSA) is 50.7 Å². The average Bonchev–Trinajstić information content (AvgIpc) is 2.96. The van der Waals surface area contributed by atoms with Crippen molar-refractivity contribution in [2.24, 2.45) is 0 Å². The van der Waals surface area contributed by atoms with Crippen LogP contribution in [-0.4, -0.2) is 15.2 Å². The standard InChI is InChI=1S/C16H15FN4S/c1-10(15-9-22-11(2)19-15)18-16-8-7-14(20-21-16)12-3-5-13(17)6-4-12/h3-10H,1-2H3,(H,18,21).